The van der Waals surface area contributed by atoms with E-state index in [4.69, 9.17) is 0 Å². The van der Waals surface area contributed by atoms with E-state index >= 15 is 0 Å². The van der Waals surface area contributed by atoms with Gasteiger partial charge >= 0.3 is 29.6 Å². The van der Waals surface area contributed by atoms with Crippen LogP contribution >= 0.6 is 0 Å². The first-order valence-electron chi connectivity index (χ1n) is 2.90. The molecular formula is C7H13NNaO+. The fourth-order valence-corrected chi connectivity index (χ4v) is 0.421. The normalized spacial score (nSPS) is 9.50. The molecule has 1 N–H and O–H groups in total. The summed E-state index contributed by atoms with van der Waals surface area (Å²) in [6, 6.07) is 0. The number of nitrogens with one attached hydrogen (secondary N) is 1. The van der Waals surface area contributed by atoms with Gasteiger partial charge in [-0.05, 0) is 26.8 Å². The summed E-state index contributed by atoms with van der Waals surface area (Å²) in [5, 5.41) is 2.71. The Morgan fingerprint density at radius 3 is 2.00 bits per heavy atom. The van der Waals surface area contributed by atoms with Crippen LogP contribution in [0.15, 0.2) is 12.7 Å². The molecule has 0 saturated heterocycles. The molecule has 0 aromatic rings. The summed E-state index contributed by atoms with van der Waals surface area (Å²) >= 11 is 0. The van der Waals surface area contributed by atoms with Gasteiger partial charge in [-0.1, -0.05) is 6.58 Å². The summed E-state index contributed by atoms with van der Waals surface area (Å²) in [5.74, 6) is -0.123. The summed E-state index contributed by atoms with van der Waals surface area (Å²) < 4.78 is 0. The molecule has 0 aromatic heterocycles. The van der Waals surface area contributed by atoms with Crippen LogP contribution in [-0.4, -0.2) is 11.4 Å². The minimum atomic E-state index is -0.148. The molecule has 10 heavy (non-hydrogen) atoms. The molecule has 0 radical (unpaired) electrons. The number of carbonyl (C=O) groups is 1. The first kappa shape index (κ1) is 12.8. The minimum Gasteiger partial charge on any atom is -0.348 e. The van der Waals surface area contributed by atoms with E-state index in [0.29, 0.717) is 0 Å². The van der Waals surface area contributed by atoms with Gasteiger partial charge in [0.15, 0.2) is 0 Å². The molecule has 0 aliphatic heterocycles. The Labute approximate surface area is 84.4 Å². The van der Waals surface area contributed by atoms with Crippen molar-refractivity contribution in [3.05, 3.63) is 12.7 Å². The van der Waals surface area contributed by atoms with Crippen LogP contribution in [0.2, 0.25) is 0 Å². The van der Waals surface area contributed by atoms with Crippen LogP contribution in [0.25, 0.3) is 0 Å². The second-order valence-electron chi connectivity index (χ2n) is 2.94. The Kier molecular flexibility index (Phi) is 6.35. The Morgan fingerprint density at radius 1 is 1.50 bits per heavy atom. The van der Waals surface area contributed by atoms with Gasteiger partial charge in [0.25, 0.3) is 0 Å². The SMILES string of the molecule is C=CC(=O)NC(C)(C)C.[Na+]. The quantitative estimate of drug-likeness (QED) is 0.343. The average molecular weight is 150 g/mol. The molecule has 52 valence electrons. The fraction of sp³-hybridized carbons (Fsp3) is 0.571. The molecule has 3 heteroatoms. The summed E-state index contributed by atoms with van der Waals surface area (Å²) in [6.45, 7) is 9.11. The van der Waals surface area contributed by atoms with Crippen molar-refractivity contribution < 1.29 is 34.4 Å². The van der Waals surface area contributed by atoms with Crippen LogP contribution in [0.5, 0.6) is 0 Å². The molecule has 0 aliphatic rings. The maximum atomic E-state index is 10.6. The van der Waals surface area contributed by atoms with Gasteiger partial charge in [0.2, 0.25) is 5.91 Å². The maximum absolute atomic E-state index is 10.6. The molecule has 0 saturated carbocycles. The number of rotatable bonds is 1. The Hall–Kier alpha value is 0.210. The van der Waals surface area contributed by atoms with Gasteiger partial charge in [0.1, 0.15) is 0 Å². The topological polar surface area (TPSA) is 29.1 Å². The predicted molar refractivity (Wildman–Crippen MR) is 38.1 cm³/mol. The van der Waals surface area contributed by atoms with E-state index in [-0.39, 0.29) is 41.0 Å². The van der Waals surface area contributed by atoms with Gasteiger partial charge in [-0.25, -0.2) is 0 Å². The van der Waals surface area contributed by atoms with Crippen molar-refractivity contribution in [2.45, 2.75) is 26.3 Å². The van der Waals surface area contributed by atoms with E-state index in [0.717, 1.165) is 0 Å². The van der Waals surface area contributed by atoms with Crippen molar-refractivity contribution in [2.75, 3.05) is 0 Å². The summed E-state index contributed by atoms with van der Waals surface area (Å²) in [5.41, 5.74) is -0.148. The second-order valence-corrected chi connectivity index (χ2v) is 2.94. The molecule has 1 amide bonds. The molecule has 0 atom stereocenters. The van der Waals surface area contributed by atoms with Crippen LogP contribution < -0.4 is 34.9 Å². The molecule has 0 unspecified atom stereocenters. The predicted octanol–water partition coefficient (Wildman–Crippen LogP) is -1.91. The van der Waals surface area contributed by atoms with Crippen LogP contribution in [0, 0.1) is 0 Å². The van der Waals surface area contributed by atoms with Crippen molar-refractivity contribution in [1.29, 1.82) is 0 Å². The van der Waals surface area contributed by atoms with Gasteiger partial charge in [-0.15, -0.1) is 0 Å². The number of carbonyl (C=O) groups excluding carboxylic acids is 1. The average Bonchev–Trinajstić information content (AvgIpc) is 1.62. The standard InChI is InChI=1S/C7H13NO.Na/c1-5-6(9)8-7(2,3)4;/h5H,1H2,2-4H3,(H,8,9);/q;+1. The number of hydrogen-bond acceptors (Lipinski definition) is 1. The van der Waals surface area contributed by atoms with Crippen molar-refractivity contribution in [3.63, 3.8) is 0 Å². The molecule has 0 fully saturated rings. The summed E-state index contributed by atoms with van der Waals surface area (Å²) in [6.07, 6.45) is 1.27. The first-order valence-corrected chi connectivity index (χ1v) is 2.90. The summed E-state index contributed by atoms with van der Waals surface area (Å²) in [4.78, 5) is 10.6. The summed E-state index contributed by atoms with van der Waals surface area (Å²) in [7, 11) is 0. The first-order chi connectivity index (χ1) is 3.95. The van der Waals surface area contributed by atoms with Gasteiger partial charge in [-0.2, -0.15) is 0 Å². The molecule has 0 aliphatic carbocycles. The molecule has 0 heterocycles. The molecule has 0 spiro atoms. The van der Waals surface area contributed by atoms with E-state index in [2.05, 4.69) is 11.9 Å². The Bertz CT molecular complexity index is 126. The van der Waals surface area contributed by atoms with E-state index in [9.17, 15) is 4.79 Å². The zero-order valence-electron chi connectivity index (χ0n) is 7.19. The zero-order chi connectivity index (χ0) is 7.49. The Morgan fingerprint density at radius 2 is 1.90 bits per heavy atom. The van der Waals surface area contributed by atoms with Crippen LogP contribution in [-0.2, 0) is 4.79 Å². The van der Waals surface area contributed by atoms with Crippen molar-refractivity contribution in [1.82, 2.24) is 5.32 Å². The van der Waals surface area contributed by atoms with Crippen LogP contribution in [0.4, 0.5) is 0 Å². The van der Waals surface area contributed by atoms with E-state index in [1.807, 2.05) is 20.8 Å². The van der Waals surface area contributed by atoms with E-state index < -0.39 is 0 Å². The van der Waals surface area contributed by atoms with Crippen LogP contribution in [0.3, 0.4) is 0 Å². The second kappa shape index (κ2) is 4.94. The zero-order valence-corrected chi connectivity index (χ0v) is 9.19. The smallest absolute Gasteiger partial charge is 0.348 e. The van der Waals surface area contributed by atoms with Gasteiger partial charge < -0.3 is 5.32 Å². The van der Waals surface area contributed by atoms with Gasteiger partial charge in [0.05, 0.1) is 0 Å². The third kappa shape index (κ3) is 8.21. The Balaban J connectivity index is 0. The monoisotopic (exact) mass is 150 g/mol. The molecule has 0 aromatic carbocycles. The van der Waals surface area contributed by atoms with Gasteiger partial charge in [-0.3, -0.25) is 4.79 Å². The van der Waals surface area contributed by atoms with Crippen molar-refractivity contribution >= 4 is 5.91 Å². The molecule has 2 nitrogen and oxygen atoms in total. The molecule has 0 bridgehead atoms. The fourth-order valence-electron chi connectivity index (χ4n) is 0.421. The largest absolute Gasteiger partial charge is 1.00 e. The molecule has 0 rings (SSSR count). The third-order valence-corrected chi connectivity index (χ3v) is 0.684. The van der Waals surface area contributed by atoms with Gasteiger partial charge in [0, 0.05) is 5.54 Å². The van der Waals surface area contributed by atoms with E-state index in [1.54, 1.807) is 0 Å². The molecular weight excluding hydrogens is 137 g/mol. The third-order valence-electron chi connectivity index (χ3n) is 0.684. The maximum Gasteiger partial charge on any atom is 1.00 e. The minimum absolute atomic E-state index is 0. The number of hydrogen-bond donors (Lipinski definition) is 1. The van der Waals surface area contributed by atoms with Crippen LogP contribution in [0.1, 0.15) is 20.8 Å². The van der Waals surface area contributed by atoms with E-state index in [1.165, 1.54) is 6.08 Å². The van der Waals surface area contributed by atoms with Crippen molar-refractivity contribution in [3.8, 4) is 0 Å². The van der Waals surface area contributed by atoms with Crippen molar-refractivity contribution in [2.24, 2.45) is 0 Å². The number of amides is 1.